The summed E-state index contributed by atoms with van der Waals surface area (Å²) in [6.45, 7) is 2.63. The lowest BCUT2D eigenvalue weighted by Crippen LogP contribution is -2.41. The monoisotopic (exact) mass is 289 g/mol. The fourth-order valence-corrected chi connectivity index (χ4v) is 2.42. The Bertz CT molecular complexity index is 679. The molecule has 0 unspecified atom stereocenters. The van der Waals surface area contributed by atoms with Crippen molar-refractivity contribution >= 4 is 32.7 Å². The molecule has 98 valence electrons. The third-order valence-corrected chi connectivity index (χ3v) is 3.51. The third-order valence-electron chi connectivity index (χ3n) is 2.55. The van der Waals surface area contributed by atoms with Gasteiger partial charge < -0.3 is 4.42 Å². The van der Waals surface area contributed by atoms with Gasteiger partial charge in [-0.1, -0.05) is 11.6 Å². The zero-order chi connectivity index (χ0) is 13.3. The van der Waals surface area contributed by atoms with Gasteiger partial charge >= 0.3 is 5.89 Å². The topological polar surface area (TPSA) is 63.2 Å². The summed E-state index contributed by atoms with van der Waals surface area (Å²) in [6.07, 6.45) is 1.13. The Morgan fingerprint density at radius 2 is 2.17 bits per heavy atom. The van der Waals surface area contributed by atoms with Crippen molar-refractivity contribution in [3.63, 3.8) is 0 Å². The Hall–Kier alpha value is -1.11. The van der Waals surface area contributed by atoms with Gasteiger partial charge in [-0.2, -0.15) is 4.57 Å². The number of nitrogens with one attached hydrogen (secondary N) is 1. The van der Waals surface area contributed by atoms with Crippen LogP contribution >= 0.6 is 11.6 Å². The van der Waals surface area contributed by atoms with E-state index in [9.17, 15) is 8.42 Å². The highest BCUT2D eigenvalue weighted by molar-refractivity contribution is 7.88. The van der Waals surface area contributed by atoms with Crippen molar-refractivity contribution in [3.05, 3.63) is 29.1 Å². The molecule has 1 heterocycles. The lowest BCUT2D eigenvalue weighted by atomic mass is 10.3. The van der Waals surface area contributed by atoms with E-state index in [1.54, 1.807) is 18.2 Å². The number of fused-ring (bicyclic) bond motifs is 1. The van der Waals surface area contributed by atoms with Gasteiger partial charge in [-0.15, -0.1) is 0 Å². The first-order valence-electron chi connectivity index (χ1n) is 5.40. The maximum Gasteiger partial charge on any atom is 0.344 e. The van der Waals surface area contributed by atoms with Gasteiger partial charge in [0, 0.05) is 11.1 Å². The standard InChI is InChI=1S/C11H14ClN2O3S/c1-8-14(6-5-13-18(2,15)16)10-7-9(12)3-4-11(10)17-8/h3-4,7,13H,5-6H2,1-2H3/q+1. The van der Waals surface area contributed by atoms with Crippen molar-refractivity contribution in [2.75, 3.05) is 12.8 Å². The number of halogens is 1. The zero-order valence-corrected chi connectivity index (χ0v) is 11.7. The molecule has 0 amide bonds. The van der Waals surface area contributed by atoms with Gasteiger partial charge in [-0.25, -0.2) is 13.1 Å². The second kappa shape index (κ2) is 4.87. The summed E-state index contributed by atoms with van der Waals surface area (Å²) in [7, 11) is -3.17. The Kier molecular flexibility index (Phi) is 3.61. The molecule has 18 heavy (non-hydrogen) atoms. The second-order valence-electron chi connectivity index (χ2n) is 4.05. The van der Waals surface area contributed by atoms with Crippen molar-refractivity contribution < 1.29 is 17.4 Å². The first-order valence-corrected chi connectivity index (χ1v) is 7.67. The summed E-state index contributed by atoms with van der Waals surface area (Å²) in [6, 6.07) is 5.35. The Balaban J connectivity index is 2.27. The molecule has 0 atom stereocenters. The largest absolute Gasteiger partial charge is 0.402 e. The molecule has 0 aliphatic carbocycles. The van der Waals surface area contributed by atoms with Gasteiger partial charge in [0.2, 0.25) is 15.6 Å². The van der Waals surface area contributed by atoms with Crippen LogP contribution in [0.3, 0.4) is 0 Å². The summed E-state index contributed by atoms with van der Waals surface area (Å²) in [5.74, 6) is 0.711. The first kappa shape index (κ1) is 13.3. The summed E-state index contributed by atoms with van der Waals surface area (Å²) in [5, 5.41) is 0.619. The molecule has 0 spiro atoms. The van der Waals surface area contributed by atoms with Crippen molar-refractivity contribution in [2.45, 2.75) is 13.5 Å². The van der Waals surface area contributed by atoms with Gasteiger partial charge in [0.15, 0.2) is 6.54 Å². The quantitative estimate of drug-likeness (QED) is 0.861. The van der Waals surface area contributed by atoms with E-state index in [4.69, 9.17) is 16.0 Å². The molecule has 0 aliphatic heterocycles. The van der Waals surface area contributed by atoms with Crippen LogP contribution in [0.15, 0.2) is 22.6 Å². The maximum absolute atomic E-state index is 11.0. The minimum absolute atomic E-state index is 0.311. The van der Waals surface area contributed by atoms with Crippen molar-refractivity contribution in [3.8, 4) is 0 Å². The first-order chi connectivity index (χ1) is 8.37. The molecular weight excluding hydrogens is 276 g/mol. The zero-order valence-electron chi connectivity index (χ0n) is 10.1. The van der Waals surface area contributed by atoms with E-state index in [2.05, 4.69) is 4.72 Å². The summed E-state index contributed by atoms with van der Waals surface area (Å²) in [4.78, 5) is 0. The highest BCUT2D eigenvalue weighted by Crippen LogP contribution is 2.18. The number of aromatic nitrogens is 1. The minimum atomic E-state index is -3.17. The van der Waals surface area contributed by atoms with Crippen LogP contribution in [0, 0.1) is 6.92 Å². The van der Waals surface area contributed by atoms with Gasteiger partial charge in [-0.05, 0) is 12.1 Å². The minimum Gasteiger partial charge on any atom is -0.402 e. The number of rotatable bonds is 4. The number of sulfonamides is 1. The molecular formula is C11H14ClN2O3S+. The Morgan fingerprint density at radius 1 is 1.44 bits per heavy atom. The second-order valence-corrected chi connectivity index (χ2v) is 6.32. The fourth-order valence-electron chi connectivity index (χ4n) is 1.79. The summed E-state index contributed by atoms with van der Waals surface area (Å²) < 4.78 is 31.9. The van der Waals surface area contributed by atoms with Crippen LogP contribution < -0.4 is 9.29 Å². The van der Waals surface area contributed by atoms with Crippen molar-refractivity contribution in [1.82, 2.24) is 4.72 Å². The fraction of sp³-hybridized carbons (Fsp3) is 0.364. The third kappa shape index (κ3) is 3.01. The molecule has 2 rings (SSSR count). The average molecular weight is 290 g/mol. The molecule has 0 saturated carbocycles. The van der Waals surface area contributed by atoms with Gasteiger partial charge in [0.1, 0.15) is 0 Å². The number of aryl methyl sites for hydroxylation is 1. The highest BCUT2D eigenvalue weighted by Gasteiger charge is 2.19. The molecule has 2 aromatic rings. The Morgan fingerprint density at radius 3 is 2.83 bits per heavy atom. The lowest BCUT2D eigenvalue weighted by molar-refractivity contribution is -0.680. The summed E-state index contributed by atoms with van der Waals surface area (Å²) >= 11 is 5.94. The number of benzene rings is 1. The molecule has 5 nitrogen and oxygen atoms in total. The van der Waals surface area contributed by atoms with E-state index >= 15 is 0 Å². The van der Waals surface area contributed by atoms with Crippen molar-refractivity contribution in [2.24, 2.45) is 0 Å². The predicted octanol–water partition coefficient (Wildman–Crippen LogP) is 1.23. The van der Waals surface area contributed by atoms with E-state index in [-0.39, 0.29) is 0 Å². The van der Waals surface area contributed by atoms with Gasteiger partial charge in [-0.3, -0.25) is 0 Å². The molecule has 1 N–H and O–H groups in total. The smallest absolute Gasteiger partial charge is 0.344 e. The van der Waals surface area contributed by atoms with E-state index in [0.29, 0.717) is 24.0 Å². The van der Waals surface area contributed by atoms with Crippen LogP contribution in [-0.4, -0.2) is 21.2 Å². The van der Waals surface area contributed by atoms with Crippen LogP contribution in [0.2, 0.25) is 5.02 Å². The SMILES string of the molecule is Cc1oc2ccc(Cl)cc2[n+]1CCNS(C)(=O)=O. The lowest BCUT2D eigenvalue weighted by Gasteiger charge is -1.98. The predicted molar refractivity (Wildman–Crippen MR) is 69.0 cm³/mol. The molecule has 1 aromatic carbocycles. The number of hydrogen-bond donors (Lipinski definition) is 1. The molecule has 0 aliphatic rings. The highest BCUT2D eigenvalue weighted by atomic mass is 35.5. The van der Waals surface area contributed by atoms with Crippen molar-refractivity contribution in [1.29, 1.82) is 0 Å². The van der Waals surface area contributed by atoms with Gasteiger partial charge in [0.05, 0.1) is 19.7 Å². The molecule has 0 saturated heterocycles. The van der Waals surface area contributed by atoms with E-state index < -0.39 is 10.0 Å². The molecule has 1 aromatic heterocycles. The molecule has 0 radical (unpaired) electrons. The van der Waals surface area contributed by atoms with E-state index in [0.717, 1.165) is 17.4 Å². The van der Waals surface area contributed by atoms with Crippen LogP contribution in [0.1, 0.15) is 5.89 Å². The van der Waals surface area contributed by atoms with Crippen LogP contribution in [0.25, 0.3) is 11.1 Å². The Labute approximate surface area is 110 Å². The van der Waals surface area contributed by atoms with Crippen LogP contribution in [0.4, 0.5) is 0 Å². The normalized spacial score (nSPS) is 12.2. The number of hydrogen-bond acceptors (Lipinski definition) is 3. The number of oxazole rings is 1. The van der Waals surface area contributed by atoms with Crippen LogP contribution in [0.5, 0.6) is 0 Å². The number of nitrogens with zero attached hydrogens (tertiary/aromatic N) is 1. The van der Waals surface area contributed by atoms with E-state index in [1.807, 2.05) is 11.5 Å². The van der Waals surface area contributed by atoms with E-state index in [1.165, 1.54) is 0 Å². The van der Waals surface area contributed by atoms with Crippen LogP contribution in [-0.2, 0) is 16.6 Å². The molecule has 7 heteroatoms. The summed E-state index contributed by atoms with van der Waals surface area (Å²) in [5.41, 5.74) is 1.59. The average Bonchev–Trinajstić information content (AvgIpc) is 2.54. The molecule has 0 fully saturated rings. The maximum atomic E-state index is 11.0. The van der Waals surface area contributed by atoms with Gasteiger partial charge in [0.25, 0.3) is 5.52 Å². The molecule has 0 bridgehead atoms.